The predicted octanol–water partition coefficient (Wildman–Crippen LogP) is 3.18. The summed E-state index contributed by atoms with van der Waals surface area (Å²) in [5.41, 5.74) is 1.29. The van der Waals surface area contributed by atoms with Crippen LogP contribution in [0.2, 0.25) is 0 Å². The van der Waals surface area contributed by atoms with Gasteiger partial charge in [0.1, 0.15) is 0 Å². The summed E-state index contributed by atoms with van der Waals surface area (Å²) < 4.78 is 0. The van der Waals surface area contributed by atoms with Crippen LogP contribution in [0.5, 0.6) is 0 Å². The third kappa shape index (κ3) is 3.06. The van der Waals surface area contributed by atoms with E-state index < -0.39 is 5.97 Å². The van der Waals surface area contributed by atoms with Crippen molar-refractivity contribution in [3.05, 3.63) is 24.0 Å². The lowest BCUT2D eigenvalue weighted by Crippen LogP contribution is -2.38. The van der Waals surface area contributed by atoms with Crippen molar-refractivity contribution in [1.82, 2.24) is 4.98 Å². The number of rotatable bonds is 3. The Kier molecular flexibility index (Phi) is 3.78. The topological polar surface area (TPSA) is 53.4 Å². The van der Waals surface area contributed by atoms with E-state index in [1.165, 1.54) is 19.0 Å². The molecule has 0 atom stereocenters. The molecule has 1 fully saturated rings. The van der Waals surface area contributed by atoms with Crippen LogP contribution in [0.3, 0.4) is 0 Å². The highest BCUT2D eigenvalue weighted by atomic mass is 16.4. The van der Waals surface area contributed by atoms with Gasteiger partial charge in [0.15, 0.2) is 5.69 Å². The van der Waals surface area contributed by atoms with Gasteiger partial charge in [0, 0.05) is 19.3 Å². The highest BCUT2D eigenvalue weighted by Crippen LogP contribution is 2.37. The highest BCUT2D eigenvalue weighted by molar-refractivity contribution is 5.92. The molecule has 0 unspecified atom stereocenters. The summed E-state index contributed by atoms with van der Waals surface area (Å²) in [5, 5.41) is 9.21. The van der Waals surface area contributed by atoms with Gasteiger partial charge in [-0.25, -0.2) is 9.78 Å². The number of nitrogens with zero attached hydrogens (tertiary/aromatic N) is 2. The smallest absolute Gasteiger partial charge is 0.356 e. The number of carboxylic acid groups (broad SMARTS) is 1. The Morgan fingerprint density at radius 1 is 1.42 bits per heavy atom. The first-order valence-corrected chi connectivity index (χ1v) is 6.82. The molecule has 4 heteroatoms. The van der Waals surface area contributed by atoms with Crippen molar-refractivity contribution in [2.45, 2.75) is 45.6 Å². The summed E-state index contributed by atoms with van der Waals surface area (Å²) in [4.78, 5) is 17.3. The van der Waals surface area contributed by atoms with E-state index in [9.17, 15) is 9.90 Å². The van der Waals surface area contributed by atoms with Gasteiger partial charge in [0.05, 0.1) is 5.69 Å². The van der Waals surface area contributed by atoms with Gasteiger partial charge in [0.2, 0.25) is 0 Å². The van der Waals surface area contributed by atoms with Gasteiger partial charge in [-0.3, -0.25) is 0 Å². The molecule has 1 aliphatic rings. The molecule has 0 saturated heterocycles. The third-order valence-corrected chi connectivity index (χ3v) is 4.23. The van der Waals surface area contributed by atoms with Crippen LogP contribution in [0.1, 0.15) is 50.0 Å². The minimum absolute atomic E-state index is 0.148. The maximum Gasteiger partial charge on any atom is 0.356 e. The molecule has 19 heavy (non-hydrogen) atoms. The molecule has 4 nitrogen and oxygen atoms in total. The van der Waals surface area contributed by atoms with E-state index in [0.717, 1.165) is 18.5 Å². The molecule has 1 aromatic heterocycles. The second-order valence-corrected chi connectivity index (χ2v) is 6.18. The van der Waals surface area contributed by atoms with Gasteiger partial charge < -0.3 is 10.0 Å². The zero-order chi connectivity index (χ0) is 14.0. The Bertz CT molecular complexity index is 461. The van der Waals surface area contributed by atoms with E-state index in [4.69, 9.17) is 0 Å². The van der Waals surface area contributed by atoms with Crippen LogP contribution in [-0.2, 0) is 0 Å². The fraction of sp³-hybridized carbons (Fsp3) is 0.600. The molecule has 0 spiro atoms. The van der Waals surface area contributed by atoms with E-state index in [2.05, 4.69) is 23.7 Å². The Morgan fingerprint density at radius 3 is 2.63 bits per heavy atom. The molecule has 1 aromatic rings. The van der Waals surface area contributed by atoms with Crippen molar-refractivity contribution in [1.29, 1.82) is 0 Å². The Hall–Kier alpha value is -1.58. The maximum atomic E-state index is 11.2. The van der Waals surface area contributed by atoms with Gasteiger partial charge >= 0.3 is 5.97 Å². The van der Waals surface area contributed by atoms with Crippen molar-refractivity contribution in [3.8, 4) is 0 Å². The third-order valence-electron chi connectivity index (χ3n) is 4.23. The summed E-state index contributed by atoms with van der Waals surface area (Å²) in [5.74, 6) is -0.960. The molecule has 0 radical (unpaired) electrons. The summed E-state index contributed by atoms with van der Waals surface area (Å²) in [7, 11) is 1.98. The lowest BCUT2D eigenvalue weighted by atomic mass is 9.75. The van der Waals surface area contributed by atoms with Crippen LogP contribution in [-0.4, -0.2) is 29.1 Å². The van der Waals surface area contributed by atoms with Gasteiger partial charge in [-0.2, -0.15) is 0 Å². The molecular formula is C15H22N2O2. The minimum atomic E-state index is -0.960. The fourth-order valence-electron chi connectivity index (χ4n) is 2.81. The van der Waals surface area contributed by atoms with E-state index in [1.807, 2.05) is 13.1 Å². The standard InChI is InChI=1S/C15H22N2O2/c1-15(2)8-6-11(7-9-15)17(3)12-5-4-10-16-13(12)14(18)19/h4-5,10-11H,6-9H2,1-3H3,(H,18,19). The number of hydrogen-bond donors (Lipinski definition) is 1. The van der Waals surface area contributed by atoms with E-state index >= 15 is 0 Å². The van der Waals surface area contributed by atoms with Crippen molar-refractivity contribution < 1.29 is 9.90 Å². The van der Waals surface area contributed by atoms with Crippen LogP contribution in [0.4, 0.5) is 5.69 Å². The predicted molar refractivity (Wildman–Crippen MR) is 75.6 cm³/mol. The van der Waals surface area contributed by atoms with Crippen LogP contribution in [0.25, 0.3) is 0 Å². The van der Waals surface area contributed by atoms with Gasteiger partial charge in [-0.05, 0) is 43.2 Å². The number of pyridine rings is 1. The molecule has 1 aliphatic carbocycles. The summed E-state index contributed by atoms with van der Waals surface area (Å²) in [6.45, 7) is 4.60. The lowest BCUT2D eigenvalue weighted by molar-refractivity contribution is 0.0691. The first-order valence-electron chi connectivity index (χ1n) is 6.82. The summed E-state index contributed by atoms with van der Waals surface area (Å²) >= 11 is 0. The second kappa shape index (κ2) is 5.19. The molecule has 1 saturated carbocycles. The van der Waals surface area contributed by atoms with Gasteiger partial charge in [-0.15, -0.1) is 0 Å². The highest BCUT2D eigenvalue weighted by Gasteiger charge is 2.30. The molecule has 1 heterocycles. The largest absolute Gasteiger partial charge is 0.476 e. The van der Waals surface area contributed by atoms with Crippen molar-refractivity contribution in [2.75, 3.05) is 11.9 Å². The first kappa shape index (κ1) is 13.8. The van der Waals surface area contributed by atoms with E-state index in [1.54, 1.807) is 6.07 Å². The Balaban J connectivity index is 2.17. The number of aromatic nitrogens is 1. The Labute approximate surface area is 114 Å². The normalized spacial score (nSPS) is 19.1. The molecule has 1 N–H and O–H groups in total. The van der Waals surface area contributed by atoms with Crippen LogP contribution < -0.4 is 4.90 Å². The molecule has 0 amide bonds. The average molecular weight is 262 g/mol. The average Bonchev–Trinajstić information content (AvgIpc) is 2.38. The Morgan fingerprint density at radius 2 is 2.05 bits per heavy atom. The lowest BCUT2D eigenvalue weighted by Gasteiger charge is -2.39. The quantitative estimate of drug-likeness (QED) is 0.909. The van der Waals surface area contributed by atoms with Gasteiger partial charge in [-0.1, -0.05) is 13.8 Å². The zero-order valence-electron chi connectivity index (χ0n) is 11.9. The van der Waals surface area contributed by atoms with E-state index in [0.29, 0.717) is 11.5 Å². The molecule has 0 bridgehead atoms. The number of carbonyl (C=O) groups is 1. The molecule has 0 aromatic carbocycles. The molecule has 104 valence electrons. The molecular weight excluding hydrogens is 240 g/mol. The maximum absolute atomic E-state index is 11.2. The first-order chi connectivity index (χ1) is 8.91. The number of carboxylic acids is 1. The molecule has 2 rings (SSSR count). The van der Waals surface area contributed by atoms with Crippen molar-refractivity contribution >= 4 is 11.7 Å². The second-order valence-electron chi connectivity index (χ2n) is 6.18. The van der Waals surface area contributed by atoms with Crippen LogP contribution in [0.15, 0.2) is 18.3 Å². The van der Waals surface area contributed by atoms with Crippen LogP contribution >= 0.6 is 0 Å². The number of hydrogen-bond acceptors (Lipinski definition) is 3. The van der Waals surface area contributed by atoms with Crippen molar-refractivity contribution in [2.24, 2.45) is 5.41 Å². The van der Waals surface area contributed by atoms with E-state index in [-0.39, 0.29) is 5.69 Å². The van der Waals surface area contributed by atoms with Crippen LogP contribution in [0, 0.1) is 5.41 Å². The van der Waals surface area contributed by atoms with Crippen molar-refractivity contribution in [3.63, 3.8) is 0 Å². The minimum Gasteiger partial charge on any atom is -0.476 e. The number of anilines is 1. The SMILES string of the molecule is CN(c1cccnc1C(=O)O)C1CCC(C)(C)CC1. The number of aromatic carboxylic acids is 1. The molecule has 0 aliphatic heterocycles. The van der Waals surface area contributed by atoms with Gasteiger partial charge in [0.25, 0.3) is 0 Å². The summed E-state index contributed by atoms with van der Waals surface area (Å²) in [6, 6.07) is 4.05. The zero-order valence-corrected chi connectivity index (χ0v) is 11.9. The fourth-order valence-corrected chi connectivity index (χ4v) is 2.81. The summed E-state index contributed by atoms with van der Waals surface area (Å²) in [6.07, 6.45) is 6.12. The monoisotopic (exact) mass is 262 g/mol.